The van der Waals surface area contributed by atoms with Gasteiger partial charge in [-0.05, 0) is 38.5 Å². The van der Waals surface area contributed by atoms with Gasteiger partial charge in [0.05, 0.1) is 27.7 Å². The predicted octanol–water partition coefficient (Wildman–Crippen LogP) is 10.6. The molecule has 1 N–H and O–H groups in total. The average molecular weight is 719 g/mol. The van der Waals surface area contributed by atoms with Crippen molar-refractivity contribution >= 4 is 19.8 Å². The number of carbonyl (C=O) groups excluding carboxylic acids is 2. The molecule has 0 aromatic rings. The number of carbonyl (C=O) groups is 2. The van der Waals surface area contributed by atoms with Crippen molar-refractivity contribution in [2.75, 3.05) is 47.5 Å². The van der Waals surface area contributed by atoms with Gasteiger partial charge in [0.15, 0.2) is 6.10 Å². The minimum absolute atomic E-state index is 0.0328. The van der Waals surface area contributed by atoms with E-state index in [1.54, 1.807) is 0 Å². The lowest BCUT2D eigenvalue weighted by Crippen LogP contribution is -2.37. The Hall–Kier alpha value is -1.25. The number of ether oxygens (including phenoxy) is 2. The Balaban J connectivity index is 4.41. The number of hydrogen-bond acceptors (Lipinski definition) is 7. The van der Waals surface area contributed by atoms with Crippen LogP contribution in [0.3, 0.4) is 0 Å². The average Bonchev–Trinajstić information content (AvgIpc) is 3.04. The number of phosphoric acid groups is 1. The molecule has 0 aromatic heterocycles. The Labute approximate surface area is 301 Å². The number of likely N-dealkylation sites (N-methyl/N-ethyl adjacent to an activating group) is 1. The molecule has 49 heavy (non-hydrogen) atoms. The molecule has 0 spiro atoms. The Morgan fingerprint density at radius 1 is 0.612 bits per heavy atom. The fourth-order valence-corrected chi connectivity index (χ4v) is 6.10. The van der Waals surface area contributed by atoms with Crippen LogP contribution in [0.1, 0.15) is 174 Å². The number of rotatable bonds is 36. The zero-order chi connectivity index (χ0) is 36.5. The quantitative estimate of drug-likeness (QED) is 0.0224. The first kappa shape index (κ1) is 47.8. The van der Waals surface area contributed by atoms with Crippen molar-refractivity contribution in [3.63, 3.8) is 0 Å². The first-order valence-electron chi connectivity index (χ1n) is 19.9. The summed E-state index contributed by atoms with van der Waals surface area (Å²) < 4.78 is 34.2. The molecule has 9 nitrogen and oxygen atoms in total. The van der Waals surface area contributed by atoms with E-state index in [0.29, 0.717) is 23.9 Å². The van der Waals surface area contributed by atoms with Crippen molar-refractivity contribution in [3.05, 3.63) is 12.2 Å². The number of quaternary nitrogens is 1. The SMILES string of the molecule is CCCCC/C=C\CCCCCCCC(=O)OC(COC(=O)CCCCCCCCCCCCCCC)COP(=O)(O)OCC[N+](C)(C)C. The van der Waals surface area contributed by atoms with Crippen molar-refractivity contribution in [1.29, 1.82) is 0 Å². The molecule has 0 rings (SSSR count). The lowest BCUT2D eigenvalue weighted by Gasteiger charge is -2.24. The fraction of sp³-hybridized carbons (Fsp3) is 0.897. The van der Waals surface area contributed by atoms with Crippen LogP contribution in [0.5, 0.6) is 0 Å². The summed E-state index contributed by atoms with van der Waals surface area (Å²) in [5.74, 6) is -0.804. The molecule has 290 valence electrons. The first-order valence-corrected chi connectivity index (χ1v) is 21.4. The van der Waals surface area contributed by atoms with Gasteiger partial charge in [0, 0.05) is 12.8 Å². The summed E-state index contributed by atoms with van der Waals surface area (Å²) in [5.41, 5.74) is 0. The third-order valence-corrected chi connectivity index (χ3v) is 9.53. The molecule has 0 amide bonds. The Morgan fingerprint density at radius 3 is 1.55 bits per heavy atom. The minimum atomic E-state index is -4.36. The van der Waals surface area contributed by atoms with Gasteiger partial charge in [-0.3, -0.25) is 18.6 Å². The summed E-state index contributed by atoms with van der Waals surface area (Å²) in [6.07, 6.45) is 31.1. The molecule has 0 aliphatic carbocycles. The molecule has 0 saturated carbocycles. The second kappa shape index (κ2) is 32.6. The van der Waals surface area contributed by atoms with Crippen LogP contribution in [0.15, 0.2) is 12.2 Å². The number of allylic oxidation sites excluding steroid dienone is 2. The Morgan fingerprint density at radius 2 is 1.04 bits per heavy atom. The summed E-state index contributed by atoms with van der Waals surface area (Å²) in [6.45, 7) is 4.38. The second-order valence-corrected chi connectivity index (χ2v) is 16.1. The molecule has 0 saturated heterocycles. The molecule has 0 aliphatic heterocycles. The van der Waals surface area contributed by atoms with Crippen LogP contribution in [0, 0.1) is 0 Å². The maximum atomic E-state index is 12.6. The molecular formula is C39H77NO8P+. The molecule has 2 atom stereocenters. The highest BCUT2D eigenvalue weighted by Crippen LogP contribution is 2.43. The smallest absolute Gasteiger partial charge is 0.462 e. The summed E-state index contributed by atoms with van der Waals surface area (Å²) in [6, 6.07) is 0. The summed E-state index contributed by atoms with van der Waals surface area (Å²) in [4.78, 5) is 35.2. The van der Waals surface area contributed by atoms with E-state index in [0.717, 1.165) is 51.4 Å². The van der Waals surface area contributed by atoms with Crippen LogP contribution < -0.4 is 0 Å². The van der Waals surface area contributed by atoms with Gasteiger partial charge in [0.25, 0.3) is 0 Å². The van der Waals surface area contributed by atoms with Crippen molar-refractivity contribution in [2.24, 2.45) is 0 Å². The maximum Gasteiger partial charge on any atom is 0.472 e. The summed E-state index contributed by atoms with van der Waals surface area (Å²) >= 11 is 0. The van der Waals surface area contributed by atoms with Crippen LogP contribution in [0.2, 0.25) is 0 Å². The highest BCUT2D eigenvalue weighted by atomic mass is 31.2. The standard InChI is InChI=1S/C39H76NO8P/c1-6-8-10-12-14-16-18-20-22-23-25-27-29-31-38(41)45-35-37(36-47-49(43,44)46-34-33-40(3,4)5)48-39(42)32-30-28-26-24-21-19-17-15-13-11-9-7-2/h15,17,37H,6-14,16,18-36H2,1-5H3/p+1/b17-15-. The van der Waals surface area contributed by atoms with E-state index in [4.69, 9.17) is 18.5 Å². The number of esters is 2. The van der Waals surface area contributed by atoms with Gasteiger partial charge in [0.1, 0.15) is 19.8 Å². The third kappa shape index (κ3) is 36.3. The summed E-state index contributed by atoms with van der Waals surface area (Å²) in [5, 5.41) is 0. The van der Waals surface area contributed by atoms with E-state index in [-0.39, 0.29) is 25.6 Å². The van der Waals surface area contributed by atoms with E-state index in [1.165, 1.54) is 89.9 Å². The van der Waals surface area contributed by atoms with Gasteiger partial charge in [-0.25, -0.2) is 4.57 Å². The van der Waals surface area contributed by atoms with Crippen molar-refractivity contribution in [3.8, 4) is 0 Å². The van der Waals surface area contributed by atoms with Gasteiger partial charge in [0.2, 0.25) is 0 Å². The molecule has 0 radical (unpaired) electrons. The molecule has 0 fully saturated rings. The highest BCUT2D eigenvalue weighted by Gasteiger charge is 2.27. The van der Waals surface area contributed by atoms with E-state index >= 15 is 0 Å². The molecule has 10 heteroatoms. The van der Waals surface area contributed by atoms with Crippen LogP contribution in [-0.2, 0) is 32.7 Å². The normalized spacial score (nSPS) is 13.8. The zero-order valence-corrected chi connectivity index (χ0v) is 33.3. The van der Waals surface area contributed by atoms with Crippen molar-refractivity contribution in [2.45, 2.75) is 180 Å². The number of nitrogens with zero attached hydrogens (tertiary/aromatic N) is 1. The van der Waals surface area contributed by atoms with E-state index in [2.05, 4.69) is 26.0 Å². The molecule has 0 bridgehead atoms. The van der Waals surface area contributed by atoms with Crippen LogP contribution in [-0.4, -0.2) is 74.9 Å². The van der Waals surface area contributed by atoms with Gasteiger partial charge in [-0.1, -0.05) is 135 Å². The first-order chi connectivity index (χ1) is 23.5. The minimum Gasteiger partial charge on any atom is -0.462 e. The Kier molecular flexibility index (Phi) is 31.8. The fourth-order valence-electron chi connectivity index (χ4n) is 5.36. The maximum absolute atomic E-state index is 12.6. The van der Waals surface area contributed by atoms with Gasteiger partial charge in [-0.15, -0.1) is 0 Å². The molecule has 2 unspecified atom stereocenters. The number of phosphoric ester groups is 1. The zero-order valence-electron chi connectivity index (χ0n) is 32.4. The van der Waals surface area contributed by atoms with E-state index in [1.807, 2.05) is 21.1 Å². The largest absolute Gasteiger partial charge is 0.472 e. The van der Waals surface area contributed by atoms with Crippen LogP contribution >= 0.6 is 7.82 Å². The predicted molar refractivity (Wildman–Crippen MR) is 201 cm³/mol. The molecular weight excluding hydrogens is 641 g/mol. The Bertz CT molecular complexity index is 860. The molecule has 0 aromatic carbocycles. The lowest BCUT2D eigenvalue weighted by molar-refractivity contribution is -0.870. The van der Waals surface area contributed by atoms with Crippen LogP contribution in [0.25, 0.3) is 0 Å². The van der Waals surface area contributed by atoms with E-state index in [9.17, 15) is 19.0 Å². The van der Waals surface area contributed by atoms with Gasteiger partial charge < -0.3 is 18.9 Å². The monoisotopic (exact) mass is 719 g/mol. The number of hydrogen-bond donors (Lipinski definition) is 1. The highest BCUT2D eigenvalue weighted by molar-refractivity contribution is 7.47. The topological polar surface area (TPSA) is 108 Å². The third-order valence-electron chi connectivity index (χ3n) is 8.55. The second-order valence-electron chi connectivity index (χ2n) is 14.7. The van der Waals surface area contributed by atoms with Gasteiger partial charge >= 0.3 is 19.8 Å². The van der Waals surface area contributed by atoms with E-state index < -0.39 is 26.5 Å². The van der Waals surface area contributed by atoms with Gasteiger partial charge in [-0.2, -0.15) is 0 Å². The lowest BCUT2D eigenvalue weighted by atomic mass is 10.0. The molecule has 0 aliphatic rings. The summed E-state index contributed by atoms with van der Waals surface area (Å²) in [7, 11) is 1.48. The number of unbranched alkanes of at least 4 members (excludes halogenated alkanes) is 20. The molecule has 0 heterocycles. The van der Waals surface area contributed by atoms with Crippen molar-refractivity contribution in [1.82, 2.24) is 0 Å². The van der Waals surface area contributed by atoms with Crippen LogP contribution in [0.4, 0.5) is 0 Å². The van der Waals surface area contributed by atoms with Crippen molar-refractivity contribution < 1.29 is 42.1 Å².